The number of hydrogen-bond acceptors (Lipinski definition) is 4. The highest BCUT2D eigenvalue weighted by atomic mass is 19.4. The standard InChI is InChI=1S/C15H12F4N2O3/c16-10-3-1-9(2-4-10)14(22)8-20-13-6-5-11(21(23)24)7-12(13)15(17,18)19/h1-7,14,20,22H,8H2. The maximum atomic E-state index is 13.0. The summed E-state index contributed by atoms with van der Waals surface area (Å²) in [5, 5.41) is 23.0. The third-order valence-corrected chi connectivity index (χ3v) is 3.26. The number of halogens is 4. The van der Waals surface area contributed by atoms with Crippen LogP contribution in [0.5, 0.6) is 0 Å². The average Bonchev–Trinajstić information content (AvgIpc) is 2.52. The minimum Gasteiger partial charge on any atom is -0.387 e. The van der Waals surface area contributed by atoms with E-state index in [0.717, 1.165) is 24.3 Å². The number of benzene rings is 2. The zero-order chi connectivity index (χ0) is 17.9. The van der Waals surface area contributed by atoms with Crippen LogP contribution in [-0.2, 0) is 6.18 Å². The number of anilines is 1. The molecule has 2 aromatic rings. The van der Waals surface area contributed by atoms with E-state index in [0.29, 0.717) is 11.6 Å². The van der Waals surface area contributed by atoms with Gasteiger partial charge in [0.05, 0.1) is 16.6 Å². The molecule has 0 amide bonds. The zero-order valence-electron chi connectivity index (χ0n) is 12.0. The van der Waals surface area contributed by atoms with E-state index in [9.17, 15) is 32.8 Å². The van der Waals surface area contributed by atoms with Gasteiger partial charge in [-0.05, 0) is 23.8 Å². The lowest BCUT2D eigenvalue weighted by molar-refractivity contribution is -0.385. The van der Waals surface area contributed by atoms with E-state index in [1.54, 1.807) is 0 Å². The fourth-order valence-electron chi connectivity index (χ4n) is 2.04. The number of non-ortho nitro benzene ring substituents is 1. The van der Waals surface area contributed by atoms with E-state index in [1.165, 1.54) is 12.1 Å². The predicted octanol–water partition coefficient (Wildman–Crippen LogP) is 3.90. The number of aliphatic hydroxyl groups excluding tert-OH is 1. The monoisotopic (exact) mass is 344 g/mol. The van der Waals surface area contributed by atoms with Crippen molar-refractivity contribution in [3.8, 4) is 0 Å². The van der Waals surface area contributed by atoms with Crippen molar-refractivity contribution in [3.63, 3.8) is 0 Å². The summed E-state index contributed by atoms with van der Waals surface area (Å²) >= 11 is 0. The lowest BCUT2D eigenvalue weighted by Crippen LogP contribution is -2.16. The van der Waals surface area contributed by atoms with Gasteiger partial charge in [-0.1, -0.05) is 12.1 Å². The maximum absolute atomic E-state index is 13.0. The summed E-state index contributed by atoms with van der Waals surface area (Å²) < 4.78 is 51.9. The number of rotatable bonds is 5. The van der Waals surface area contributed by atoms with Gasteiger partial charge in [-0.25, -0.2) is 4.39 Å². The van der Waals surface area contributed by atoms with Gasteiger partial charge in [-0.15, -0.1) is 0 Å². The topological polar surface area (TPSA) is 75.4 Å². The molecule has 2 N–H and O–H groups in total. The Bertz CT molecular complexity index is 732. The van der Waals surface area contributed by atoms with Gasteiger partial charge < -0.3 is 10.4 Å². The molecule has 0 spiro atoms. The number of nitro groups is 1. The van der Waals surface area contributed by atoms with Crippen LogP contribution < -0.4 is 5.32 Å². The third-order valence-electron chi connectivity index (χ3n) is 3.26. The van der Waals surface area contributed by atoms with Crippen LogP contribution in [0.15, 0.2) is 42.5 Å². The lowest BCUT2D eigenvalue weighted by atomic mass is 10.1. The molecule has 2 rings (SSSR count). The van der Waals surface area contributed by atoms with Crippen LogP contribution in [0.4, 0.5) is 28.9 Å². The van der Waals surface area contributed by atoms with Gasteiger partial charge in [0.25, 0.3) is 5.69 Å². The molecule has 5 nitrogen and oxygen atoms in total. The van der Waals surface area contributed by atoms with Crippen molar-refractivity contribution in [2.45, 2.75) is 12.3 Å². The summed E-state index contributed by atoms with van der Waals surface area (Å²) in [7, 11) is 0. The van der Waals surface area contributed by atoms with Crippen LogP contribution in [-0.4, -0.2) is 16.6 Å². The van der Waals surface area contributed by atoms with Gasteiger partial charge in [0.2, 0.25) is 0 Å². The van der Waals surface area contributed by atoms with Crippen molar-refractivity contribution >= 4 is 11.4 Å². The molecule has 0 bridgehead atoms. The Morgan fingerprint density at radius 1 is 1.17 bits per heavy atom. The molecule has 0 fully saturated rings. The first-order chi connectivity index (χ1) is 11.2. The van der Waals surface area contributed by atoms with Crippen LogP contribution in [0.25, 0.3) is 0 Å². The van der Waals surface area contributed by atoms with Gasteiger partial charge in [0.15, 0.2) is 0 Å². The molecule has 0 aliphatic rings. The van der Waals surface area contributed by atoms with Crippen molar-refractivity contribution in [2.24, 2.45) is 0 Å². The fourth-order valence-corrected chi connectivity index (χ4v) is 2.04. The van der Waals surface area contributed by atoms with Crippen LogP contribution >= 0.6 is 0 Å². The van der Waals surface area contributed by atoms with E-state index in [4.69, 9.17) is 0 Å². The quantitative estimate of drug-likeness (QED) is 0.490. The second-order valence-corrected chi connectivity index (χ2v) is 4.93. The molecule has 0 radical (unpaired) electrons. The minimum atomic E-state index is -4.80. The lowest BCUT2D eigenvalue weighted by Gasteiger charge is -2.17. The second kappa shape index (κ2) is 6.83. The minimum absolute atomic E-state index is 0.285. The Morgan fingerprint density at radius 2 is 1.79 bits per heavy atom. The highest BCUT2D eigenvalue weighted by Gasteiger charge is 2.35. The summed E-state index contributed by atoms with van der Waals surface area (Å²) in [6.45, 7) is -0.285. The van der Waals surface area contributed by atoms with Crippen molar-refractivity contribution in [2.75, 3.05) is 11.9 Å². The Morgan fingerprint density at radius 3 is 2.33 bits per heavy atom. The molecule has 1 unspecified atom stereocenters. The smallest absolute Gasteiger partial charge is 0.387 e. The molecule has 0 saturated heterocycles. The third kappa shape index (κ3) is 4.19. The predicted molar refractivity (Wildman–Crippen MR) is 77.9 cm³/mol. The number of hydrogen-bond donors (Lipinski definition) is 2. The normalized spacial score (nSPS) is 12.7. The Hall–Kier alpha value is -2.68. The molecule has 0 heterocycles. The summed E-state index contributed by atoms with van der Waals surface area (Å²) in [6.07, 6.45) is -5.98. The fraction of sp³-hybridized carbons (Fsp3) is 0.200. The van der Waals surface area contributed by atoms with E-state index >= 15 is 0 Å². The van der Waals surface area contributed by atoms with Crippen LogP contribution in [0.3, 0.4) is 0 Å². The molecule has 0 aromatic heterocycles. The molecule has 0 saturated carbocycles. The second-order valence-electron chi connectivity index (χ2n) is 4.93. The van der Waals surface area contributed by atoms with Gasteiger partial charge in [-0.3, -0.25) is 10.1 Å². The molecule has 24 heavy (non-hydrogen) atoms. The van der Waals surface area contributed by atoms with Crippen molar-refractivity contribution in [1.82, 2.24) is 0 Å². The summed E-state index contributed by atoms with van der Waals surface area (Å²) in [4.78, 5) is 9.69. The highest BCUT2D eigenvalue weighted by molar-refractivity contribution is 5.57. The molecule has 1 atom stereocenters. The average molecular weight is 344 g/mol. The van der Waals surface area contributed by atoms with E-state index in [-0.39, 0.29) is 6.54 Å². The Balaban J connectivity index is 2.19. The number of aliphatic hydroxyl groups is 1. The van der Waals surface area contributed by atoms with Crippen LogP contribution in [0.1, 0.15) is 17.2 Å². The van der Waals surface area contributed by atoms with Gasteiger partial charge in [0.1, 0.15) is 5.82 Å². The highest BCUT2D eigenvalue weighted by Crippen LogP contribution is 2.37. The molecule has 0 aliphatic carbocycles. The molecular formula is C15H12F4N2O3. The number of alkyl halides is 3. The molecule has 2 aromatic carbocycles. The number of nitrogens with one attached hydrogen (secondary N) is 1. The van der Waals surface area contributed by atoms with Gasteiger partial charge in [0, 0.05) is 24.4 Å². The molecule has 0 aliphatic heterocycles. The first kappa shape index (κ1) is 17.7. The van der Waals surface area contributed by atoms with E-state index in [2.05, 4.69) is 5.32 Å². The van der Waals surface area contributed by atoms with E-state index in [1.807, 2.05) is 0 Å². The zero-order valence-corrected chi connectivity index (χ0v) is 12.0. The van der Waals surface area contributed by atoms with Crippen molar-refractivity contribution in [3.05, 3.63) is 69.5 Å². The largest absolute Gasteiger partial charge is 0.418 e. The van der Waals surface area contributed by atoms with Crippen molar-refractivity contribution < 1.29 is 27.6 Å². The van der Waals surface area contributed by atoms with E-state index < -0.39 is 40.0 Å². The Labute approximate surface area is 133 Å². The number of nitrogens with zero attached hydrogens (tertiary/aromatic N) is 1. The Kier molecular flexibility index (Phi) is 5.03. The van der Waals surface area contributed by atoms with Crippen molar-refractivity contribution in [1.29, 1.82) is 0 Å². The molecular weight excluding hydrogens is 332 g/mol. The molecule has 128 valence electrons. The van der Waals surface area contributed by atoms with Gasteiger partial charge >= 0.3 is 6.18 Å². The number of nitro benzene ring substituents is 1. The SMILES string of the molecule is O=[N+]([O-])c1ccc(NCC(O)c2ccc(F)cc2)c(C(F)(F)F)c1. The first-order valence-corrected chi connectivity index (χ1v) is 6.71. The van der Waals surface area contributed by atoms with Crippen LogP contribution in [0.2, 0.25) is 0 Å². The van der Waals surface area contributed by atoms with Crippen LogP contribution in [0, 0.1) is 15.9 Å². The summed E-state index contributed by atoms with van der Waals surface area (Å²) in [5.74, 6) is -0.506. The summed E-state index contributed by atoms with van der Waals surface area (Å²) in [5.41, 5.74) is -1.97. The molecule has 9 heteroatoms. The first-order valence-electron chi connectivity index (χ1n) is 6.71. The summed E-state index contributed by atoms with van der Waals surface area (Å²) in [6, 6.07) is 7.13. The van der Waals surface area contributed by atoms with Gasteiger partial charge in [-0.2, -0.15) is 13.2 Å². The maximum Gasteiger partial charge on any atom is 0.418 e.